The van der Waals surface area contributed by atoms with Gasteiger partial charge >= 0.3 is 6.09 Å². The first-order chi connectivity index (χ1) is 14.0. The molecule has 0 bridgehead atoms. The Kier molecular flexibility index (Phi) is 6.54. The van der Waals surface area contributed by atoms with Gasteiger partial charge in [-0.25, -0.2) is 4.79 Å². The molecule has 154 valence electrons. The number of carbonyl (C=O) groups excluding carboxylic acids is 3. The van der Waals surface area contributed by atoms with Gasteiger partial charge in [0, 0.05) is 43.3 Å². The molecule has 8 nitrogen and oxygen atoms in total. The molecule has 0 aromatic heterocycles. The zero-order valence-electron chi connectivity index (χ0n) is 16.6. The number of carbonyl (C=O) groups is 3. The Hall–Kier alpha value is -3.29. The zero-order chi connectivity index (χ0) is 20.8. The van der Waals surface area contributed by atoms with Gasteiger partial charge in [0.15, 0.2) is 0 Å². The number of ether oxygens (including phenoxy) is 2. The van der Waals surface area contributed by atoms with Crippen LogP contribution in [0, 0.1) is 0 Å². The van der Waals surface area contributed by atoms with Gasteiger partial charge in [0.25, 0.3) is 0 Å². The molecule has 1 heterocycles. The van der Waals surface area contributed by atoms with Crippen molar-refractivity contribution in [1.82, 2.24) is 9.80 Å². The summed E-state index contributed by atoms with van der Waals surface area (Å²) in [6, 6.07) is 11.3. The second-order valence-electron chi connectivity index (χ2n) is 6.69. The highest BCUT2D eigenvalue weighted by molar-refractivity contribution is 6.05. The van der Waals surface area contributed by atoms with Gasteiger partial charge in [-0.2, -0.15) is 0 Å². The van der Waals surface area contributed by atoms with Crippen LogP contribution >= 0.6 is 0 Å². The molecule has 3 amide bonds. The van der Waals surface area contributed by atoms with Crippen molar-refractivity contribution in [3.63, 3.8) is 0 Å². The molecule has 0 spiro atoms. The summed E-state index contributed by atoms with van der Waals surface area (Å²) in [5.41, 5.74) is 0.575. The van der Waals surface area contributed by atoms with Crippen LogP contribution in [-0.4, -0.2) is 67.6 Å². The van der Waals surface area contributed by atoms with Crippen molar-refractivity contribution in [2.24, 2.45) is 0 Å². The largest absolute Gasteiger partial charge is 0.496 e. The number of anilines is 1. The molecule has 1 aliphatic heterocycles. The summed E-state index contributed by atoms with van der Waals surface area (Å²) in [5, 5.41) is 4.65. The van der Waals surface area contributed by atoms with Crippen LogP contribution < -0.4 is 10.1 Å². The molecular weight excluding hydrogens is 374 g/mol. The number of nitrogens with zero attached hydrogens (tertiary/aromatic N) is 2. The third kappa shape index (κ3) is 4.96. The summed E-state index contributed by atoms with van der Waals surface area (Å²) in [4.78, 5) is 39.7. The third-order valence-electron chi connectivity index (χ3n) is 4.80. The van der Waals surface area contributed by atoms with Crippen molar-refractivity contribution < 1.29 is 23.9 Å². The van der Waals surface area contributed by atoms with Crippen molar-refractivity contribution in [3.05, 3.63) is 36.4 Å². The van der Waals surface area contributed by atoms with Gasteiger partial charge in [0.05, 0.1) is 13.7 Å². The van der Waals surface area contributed by atoms with E-state index in [9.17, 15) is 14.4 Å². The molecule has 0 atom stereocenters. The zero-order valence-corrected chi connectivity index (χ0v) is 16.6. The van der Waals surface area contributed by atoms with Crippen molar-refractivity contribution in [2.45, 2.75) is 13.3 Å². The lowest BCUT2D eigenvalue weighted by atomic mass is 10.1. The average Bonchev–Trinajstić information content (AvgIpc) is 2.73. The summed E-state index contributed by atoms with van der Waals surface area (Å²) in [5.74, 6) is -0.00117. The molecular formula is C21H25N3O5. The number of hydrogen-bond donors (Lipinski definition) is 1. The van der Waals surface area contributed by atoms with Crippen LogP contribution in [0.3, 0.4) is 0 Å². The van der Waals surface area contributed by atoms with Gasteiger partial charge in [0.1, 0.15) is 12.2 Å². The summed E-state index contributed by atoms with van der Waals surface area (Å²) in [7, 11) is 1.58. The van der Waals surface area contributed by atoms with Crippen molar-refractivity contribution in [2.75, 3.05) is 45.2 Å². The first-order valence-electron chi connectivity index (χ1n) is 9.58. The minimum Gasteiger partial charge on any atom is -0.496 e. The number of fused-ring (bicyclic) bond motifs is 1. The van der Waals surface area contributed by atoms with Crippen molar-refractivity contribution in [1.29, 1.82) is 0 Å². The van der Waals surface area contributed by atoms with E-state index in [1.54, 1.807) is 29.9 Å². The van der Waals surface area contributed by atoms with Crippen molar-refractivity contribution >= 4 is 34.4 Å². The topological polar surface area (TPSA) is 88.2 Å². The van der Waals surface area contributed by atoms with Gasteiger partial charge < -0.3 is 24.6 Å². The molecule has 1 saturated heterocycles. The first kappa shape index (κ1) is 20.4. The van der Waals surface area contributed by atoms with Gasteiger partial charge in [-0.1, -0.05) is 24.3 Å². The fourth-order valence-corrected chi connectivity index (χ4v) is 3.32. The molecule has 1 fully saturated rings. The Morgan fingerprint density at radius 1 is 1.03 bits per heavy atom. The molecule has 1 N–H and O–H groups in total. The quantitative estimate of drug-likeness (QED) is 0.781. The summed E-state index contributed by atoms with van der Waals surface area (Å²) < 4.78 is 10.4. The van der Waals surface area contributed by atoms with Gasteiger partial charge in [-0.05, 0) is 18.4 Å². The number of amides is 3. The monoisotopic (exact) mass is 399 g/mol. The molecule has 8 heteroatoms. The van der Waals surface area contributed by atoms with E-state index in [0.29, 0.717) is 44.2 Å². The van der Waals surface area contributed by atoms with E-state index in [0.717, 1.165) is 10.8 Å². The minimum absolute atomic E-state index is 0.255. The number of benzene rings is 2. The van der Waals surface area contributed by atoms with Crippen LogP contribution in [0.5, 0.6) is 5.75 Å². The number of rotatable bonds is 5. The Balaban J connectivity index is 1.56. The second kappa shape index (κ2) is 9.27. The predicted molar refractivity (Wildman–Crippen MR) is 109 cm³/mol. The fourth-order valence-electron chi connectivity index (χ4n) is 3.32. The molecule has 2 aromatic rings. The molecule has 2 aromatic carbocycles. The second-order valence-corrected chi connectivity index (χ2v) is 6.69. The predicted octanol–water partition coefficient (Wildman–Crippen LogP) is 2.48. The number of hydrogen-bond acceptors (Lipinski definition) is 5. The number of nitrogens with one attached hydrogen (secondary N) is 1. The Labute approximate surface area is 169 Å². The SMILES string of the molecule is CCOC(=O)N1CCN(C(=O)CC(=O)Nc2cc(OC)c3ccccc3c2)CC1. The molecule has 0 saturated carbocycles. The lowest BCUT2D eigenvalue weighted by Gasteiger charge is -2.34. The van der Waals surface area contributed by atoms with E-state index >= 15 is 0 Å². The average molecular weight is 399 g/mol. The van der Waals surface area contributed by atoms with E-state index in [1.807, 2.05) is 30.3 Å². The number of piperazine rings is 1. The highest BCUT2D eigenvalue weighted by Gasteiger charge is 2.26. The fraction of sp³-hybridized carbons (Fsp3) is 0.381. The lowest BCUT2D eigenvalue weighted by Crippen LogP contribution is -2.51. The van der Waals surface area contributed by atoms with Gasteiger partial charge in [-0.3, -0.25) is 9.59 Å². The van der Waals surface area contributed by atoms with E-state index in [-0.39, 0.29) is 24.3 Å². The normalized spacial score (nSPS) is 13.9. The summed E-state index contributed by atoms with van der Waals surface area (Å²) in [6.45, 7) is 3.63. The van der Waals surface area contributed by atoms with Gasteiger partial charge in [0.2, 0.25) is 11.8 Å². The van der Waals surface area contributed by atoms with Crippen LogP contribution in [0.4, 0.5) is 10.5 Å². The van der Waals surface area contributed by atoms with E-state index in [1.165, 1.54) is 0 Å². The standard InChI is InChI=1S/C21H25N3O5/c1-3-29-21(27)24-10-8-23(9-11-24)20(26)14-19(25)22-16-12-15-6-4-5-7-17(15)18(13-16)28-2/h4-7,12-13H,3,8-11,14H2,1-2H3,(H,22,25). The molecule has 0 radical (unpaired) electrons. The van der Waals surface area contributed by atoms with Crippen LogP contribution in [-0.2, 0) is 14.3 Å². The van der Waals surface area contributed by atoms with E-state index < -0.39 is 0 Å². The molecule has 29 heavy (non-hydrogen) atoms. The van der Waals surface area contributed by atoms with E-state index in [2.05, 4.69) is 5.32 Å². The minimum atomic E-state index is -0.389. The first-order valence-corrected chi connectivity index (χ1v) is 9.58. The third-order valence-corrected chi connectivity index (χ3v) is 4.80. The van der Waals surface area contributed by atoms with Crippen molar-refractivity contribution in [3.8, 4) is 5.75 Å². The lowest BCUT2D eigenvalue weighted by molar-refractivity contribution is -0.135. The maximum absolute atomic E-state index is 12.4. The Morgan fingerprint density at radius 3 is 2.41 bits per heavy atom. The maximum atomic E-state index is 12.4. The van der Waals surface area contributed by atoms with E-state index in [4.69, 9.17) is 9.47 Å². The number of methoxy groups -OCH3 is 1. The van der Waals surface area contributed by atoms with Crippen LogP contribution in [0.15, 0.2) is 36.4 Å². The highest BCUT2D eigenvalue weighted by Crippen LogP contribution is 2.29. The molecule has 0 aliphatic carbocycles. The van der Waals surface area contributed by atoms with Crippen LogP contribution in [0.25, 0.3) is 10.8 Å². The molecule has 1 aliphatic rings. The highest BCUT2D eigenvalue weighted by atomic mass is 16.6. The Morgan fingerprint density at radius 2 is 1.72 bits per heavy atom. The summed E-state index contributed by atoms with van der Waals surface area (Å²) in [6.07, 6.45) is -0.628. The maximum Gasteiger partial charge on any atom is 0.409 e. The Bertz CT molecular complexity index is 906. The van der Waals surface area contributed by atoms with Crippen LogP contribution in [0.1, 0.15) is 13.3 Å². The van der Waals surface area contributed by atoms with Gasteiger partial charge in [-0.15, -0.1) is 0 Å². The molecule has 0 unspecified atom stereocenters. The summed E-state index contributed by atoms with van der Waals surface area (Å²) >= 11 is 0. The smallest absolute Gasteiger partial charge is 0.409 e. The van der Waals surface area contributed by atoms with Crippen LogP contribution in [0.2, 0.25) is 0 Å². The molecule has 3 rings (SSSR count).